The number of methoxy groups -OCH3 is 1. The molecule has 1 saturated heterocycles. The number of benzene rings is 1. The maximum Gasteiger partial charge on any atom is 0.226 e. The van der Waals surface area contributed by atoms with Crippen LogP contribution in [-0.2, 0) is 11.3 Å². The zero-order chi connectivity index (χ0) is 15.7. The third-order valence-corrected chi connectivity index (χ3v) is 5.34. The number of amides is 1. The lowest BCUT2D eigenvalue weighted by atomic mass is 9.91. The molecule has 1 atom stereocenters. The van der Waals surface area contributed by atoms with Gasteiger partial charge < -0.3 is 15.0 Å². The molecule has 120 valence electrons. The normalized spacial score (nSPS) is 22.4. The first-order valence-electron chi connectivity index (χ1n) is 8.15. The van der Waals surface area contributed by atoms with E-state index in [2.05, 4.69) is 11.4 Å². The number of carbonyl (C=O) groups excluding carboxylic acids is 1. The molecule has 0 aromatic heterocycles. The largest absolute Gasteiger partial charge is 0.496 e. The Bertz CT molecular complexity index is 564. The van der Waals surface area contributed by atoms with Gasteiger partial charge in [0.1, 0.15) is 5.75 Å². The molecular weight excluding hydrogens is 276 g/mol. The van der Waals surface area contributed by atoms with E-state index >= 15 is 0 Å². The van der Waals surface area contributed by atoms with Crippen molar-refractivity contribution < 1.29 is 9.53 Å². The summed E-state index contributed by atoms with van der Waals surface area (Å²) in [6.07, 6.45) is 3.39. The van der Waals surface area contributed by atoms with Gasteiger partial charge in [-0.25, -0.2) is 0 Å². The third kappa shape index (κ3) is 2.84. The van der Waals surface area contributed by atoms with Crippen molar-refractivity contribution >= 4 is 5.91 Å². The summed E-state index contributed by atoms with van der Waals surface area (Å²) in [6, 6.07) is 6.13. The number of carbonyl (C=O) groups is 1. The van der Waals surface area contributed by atoms with E-state index in [0.717, 1.165) is 49.2 Å². The first kappa shape index (κ1) is 15.3. The molecule has 22 heavy (non-hydrogen) atoms. The summed E-state index contributed by atoms with van der Waals surface area (Å²) >= 11 is 0. The summed E-state index contributed by atoms with van der Waals surface area (Å²) in [4.78, 5) is 14.6. The van der Waals surface area contributed by atoms with Crippen LogP contribution in [0.1, 0.15) is 30.4 Å². The molecule has 1 heterocycles. The van der Waals surface area contributed by atoms with Crippen LogP contribution >= 0.6 is 0 Å². The van der Waals surface area contributed by atoms with Crippen LogP contribution in [0.25, 0.3) is 0 Å². The molecule has 1 aliphatic carbocycles. The van der Waals surface area contributed by atoms with Gasteiger partial charge in [0.15, 0.2) is 0 Å². The van der Waals surface area contributed by atoms with E-state index in [1.807, 2.05) is 31.0 Å². The predicted octanol–water partition coefficient (Wildman–Crippen LogP) is 2.35. The Morgan fingerprint density at radius 1 is 1.41 bits per heavy atom. The molecule has 3 rings (SSSR count). The van der Waals surface area contributed by atoms with Crippen molar-refractivity contribution in [3.05, 3.63) is 29.3 Å². The molecule has 0 unspecified atom stereocenters. The van der Waals surface area contributed by atoms with Crippen molar-refractivity contribution in [3.63, 3.8) is 0 Å². The topological polar surface area (TPSA) is 41.6 Å². The van der Waals surface area contributed by atoms with Crippen LogP contribution in [0, 0.1) is 18.3 Å². The van der Waals surface area contributed by atoms with E-state index in [9.17, 15) is 4.79 Å². The fourth-order valence-corrected chi connectivity index (χ4v) is 3.83. The average molecular weight is 302 g/mol. The second-order valence-electron chi connectivity index (χ2n) is 6.87. The van der Waals surface area contributed by atoms with Crippen molar-refractivity contribution in [2.24, 2.45) is 11.3 Å². The standard InChI is InChI=1S/C18H26N2O2/c1-13-10-14(4-5-16(13)22-3)12-20(2)17(21)15-11-18(15)6-8-19-9-7-18/h4-5,10,15,19H,6-9,11-12H2,1-3H3/t15-/m1/s1. The second-order valence-corrected chi connectivity index (χ2v) is 6.87. The summed E-state index contributed by atoms with van der Waals surface area (Å²) in [6.45, 7) is 4.83. The minimum atomic E-state index is 0.249. The number of hydrogen-bond donors (Lipinski definition) is 1. The first-order valence-corrected chi connectivity index (χ1v) is 8.15. The van der Waals surface area contributed by atoms with Crippen LogP contribution < -0.4 is 10.1 Å². The summed E-state index contributed by atoms with van der Waals surface area (Å²) in [7, 11) is 3.61. The minimum Gasteiger partial charge on any atom is -0.496 e. The van der Waals surface area contributed by atoms with Crippen LogP contribution in [0.3, 0.4) is 0 Å². The molecule has 1 aromatic rings. The lowest BCUT2D eigenvalue weighted by molar-refractivity contribution is -0.132. The van der Waals surface area contributed by atoms with E-state index < -0.39 is 0 Å². The van der Waals surface area contributed by atoms with Crippen LogP contribution in [0.4, 0.5) is 0 Å². The zero-order valence-corrected chi connectivity index (χ0v) is 13.8. The molecule has 4 nitrogen and oxygen atoms in total. The van der Waals surface area contributed by atoms with Crippen LogP contribution in [0.5, 0.6) is 5.75 Å². The van der Waals surface area contributed by atoms with Gasteiger partial charge in [-0.2, -0.15) is 0 Å². The Balaban J connectivity index is 1.61. The fourth-order valence-electron chi connectivity index (χ4n) is 3.83. The second kappa shape index (κ2) is 5.92. The molecule has 1 aliphatic heterocycles. The number of rotatable bonds is 4. The SMILES string of the molecule is COc1ccc(CN(C)C(=O)[C@H]2CC23CCNCC3)cc1C. The van der Waals surface area contributed by atoms with E-state index in [1.54, 1.807) is 7.11 Å². The van der Waals surface area contributed by atoms with Gasteiger partial charge in [0, 0.05) is 19.5 Å². The van der Waals surface area contributed by atoms with Gasteiger partial charge in [-0.1, -0.05) is 12.1 Å². The van der Waals surface area contributed by atoms with Gasteiger partial charge in [0.2, 0.25) is 5.91 Å². The van der Waals surface area contributed by atoms with Gasteiger partial charge >= 0.3 is 0 Å². The Hall–Kier alpha value is -1.55. The van der Waals surface area contributed by atoms with Gasteiger partial charge in [0.05, 0.1) is 7.11 Å². The molecular formula is C18H26N2O2. The molecule has 1 aromatic carbocycles. The Morgan fingerprint density at radius 2 is 2.14 bits per heavy atom. The summed E-state index contributed by atoms with van der Waals surface area (Å²) in [5.41, 5.74) is 2.59. The first-order chi connectivity index (χ1) is 10.6. The van der Waals surface area contributed by atoms with E-state index in [4.69, 9.17) is 4.74 Å². The van der Waals surface area contributed by atoms with Crippen molar-refractivity contribution in [1.82, 2.24) is 10.2 Å². The Morgan fingerprint density at radius 3 is 2.77 bits per heavy atom. The molecule has 0 radical (unpaired) electrons. The van der Waals surface area contributed by atoms with Gasteiger partial charge in [-0.15, -0.1) is 0 Å². The average Bonchev–Trinajstić information content (AvgIpc) is 3.20. The number of piperidine rings is 1. The number of nitrogens with one attached hydrogen (secondary N) is 1. The van der Waals surface area contributed by atoms with Crippen LogP contribution in [0.15, 0.2) is 18.2 Å². The lowest BCUT2D eigenvalue weighted by Gasteiger charge is -2.25. The highest BCUT2D eigenvalue weighted by Crippen LogP contribution is 2.59. The number of nitrogens with zero attached hydrogens (tertiary/aromatic N) is 1. The summed E-state index contributed by atoms with van der Waals surface area (Å²) < 4.78 is 5.29. The number of ether oxygens (including phenoxy) is 1. The van der Waals surface area contributed by atoms with E-state index in [0.29, 0.717) is 17.9 Å². The van der Waals surface area contributed by atoms with E-state index in [1.165, 1.54) is 0 Å². The molecule has 1 amide bonds. The van der Waals surface area contributed by atoms with E-state index in [-0.39, 0.29) is 5.92 Å². The maximum absolute atomic E-state index is 12.7. The van der Waals surface area contributed by atoms with Crippen molar-refractivity contribution in [2.75, 3.05) is 27.2 Å². The van der Waals surface area contributed by atoms with Crippen LogP contribution in [0.2, 0.25) is 0 Å². The fraction of sp³-hybridized carbons (Fsp3) is 0.611. The Kier molecular flexibility index (Phi) is 4.13. The molecule has 1 N–H and O–H groups in total. The van der Waals surface area contributed by atoms with Gasteiger partial charge in [-0.05, 0) is 61.9 Å². The molecule has 2 fully saturated rings. The van der Waals surface area contributed by atoms with Crippen molar-refractivity contribution in [1.29, 1.82) is 0 Å². The molecule has 1 spiro atoms. The van der Waals surface area contributed by atoms with Crippen LogP contribution in [-0.4, -0.2) is 38.1 Å². The molecule has 2 aliphatic rings. The smallest absolute Gasteiger partial charge is 0.226 e. The molecule has 0 bridgehead atoms. The van der Waals surface area contributed by atoms with Crippen molar-refractivity contribution in [3.8, 4) is 5.75 Å². The summed E-state index contributed by atoms with van der Waals surface area (Å²) in [5, 5.41) is 3.39. The highest BCUT2D eigenvalue weighted by molar-refractivity contribution is 5.82. The maximum atomic E-state index is 12.7. The minimum absolute atomic E-state index is 0.249. The van der Waals surface area contributed by atoms with Gasteiger partial charge in [0.25, 0.3) is 0 Å². The number of aryl methyl sites for hydroxylation is 1. The highest BCUT2D eigenvalue weighted by Gasteiger charge is 2.58. The Labute approximate surface area is 132 Å². The zero-order valence-electron chi connectivity index (χ0n) is 13.8. The lowest BCUT2D eigenvalue weighted by Crippen LogP contribution is -2.34. The summed E-state index contributed by atoms with van der Waals surface area (Å²) in [5.74, 6) is 1.46. The van der Waals surface area contributed by atoms with Gasteiger partial charge in [-0.3, -0.25) is 4.79 Å². The third-order valence-electron chi connectivity index (χ3n) is 5.34. The highest BCUT2D eigenvalue weighted by atomic mass is 16.5. The molecule has 4 heteroatoms. The monoisotopic (exact) mass is 302 g/mol. The predicted molar refractivity (Wildman–Crippen MR) is 86.8 cm³/mol. The quantitative estimate of drug-likeness (QED) is 0.928. The molecule has 1 saturated carbocycles. The number of hydrogen-bond acceptors (Lipinski definition) is 3. The van der Waals surface area contributed by atoms with Crippen molar-refractivity contribution in [2.45, 2.75) is 32.7 Å².